The Labute approximate surface area is 204 Å². The molecule has 3 rings (SSSR count). The molecule has 0 radical (unpaired) electrons. The number of nitrogens with one attached hydrogen (secondary N) is 3. The summed E-state index contributed by atoms with van der Waals surface area (Å²) in [5.41, 5.74) is 0.477. The lowest BCUT2D eigenvalue weighted by atomic mass is 10.1. The Hall–Kier alpha value is -3.99. The standard InChI is InChI=1S/C24H25N3O7S/c1-4-33-23(31)17-12-18(15-8-6-5-7-9-15)35-22(17)26-20(29)14(3)34-19(28)11-10-16-13(2)25-24(32)27-21(16)30/h5-9,12,14H,4,10-11H2,1-3H3,(H,26,29)(H2,25,27,30,32). The van der Waals surface area contributed by atoms with Gasteiger partial charge in [0.15, 0.2) is 6.10 Å². The molecule has 10 nitrogen and oxygen atoms in total. The molecule has 0 saturated heterocycles. The highest BCUT2D eigenvalue weighted by atomic mass is 32.1. The molecular weight excluding hydrogens is 474 g/mol. The molecule has 184 valence electrons. The number of anilines is 1. The van der Waals surface area contributed by atoms with Crippen molar-refractivity contribution in [2.24, 2.45) is 0 Å². The van der Waals surface area contributed by atoms with Crippen molar-refractivity contribution in [1.29, 1.82) is 0 Å². The summed E-state index contributed by atoms with van der Waals surface area (Å²) in [6.45, 7) is 4.82. The van der Waals surface area contributed by atoms with Crippen molar-refractivity contribution in [3.8, 4) is 10.4 Å². The second kappa shape index (κ2) is 11.4. The van der Waals surface area contributed by atoms with Crippen molar-refractivity contribution in [3.05, 3.63) is 74.1 Å². The van der Waals surface area contributed by atoms with E-state index in [1.807, 2.05) is 30.3 Å². The first kappa shape index (κ1) is 25.6. The fraction of sp³-hybridized carbons (Fsp3) is 0.292. The van der Waals surface area contributed by atoms with Crippen LogP contribution in [0.3, 0.4) is 0 Å². The van der Waals surface area contributed by atoms with Gasteiger partial charge in [-0.3, -0.25) is 19.4 Å². The molecule has 1 amide bonds. The van der Waals surface area contributed by atoms with Crippen LogP contribution in [0.1, 0.15) is 41.9 Å². The Morgan fingerprint density at radius 1 is 1.11 bits per heavy atom. The third kappa shape index (κ3) is 6.54. The summed E-state index contributed by atoms with van der Waals surface area (Å²) >= 11 is 1.20. The number of thiophene rings is 1. The maximum atomic E-state index is 12.7. The normalized spacial score (nSPS) is 11.5. The maximum absolute atomic E-state index is 12.7. The molecule has 0 aliphatic carbocycles. The molecule has 0 bridgehead atoms. The molecule has 0 spiro atoms. The number of esters is 2. The minimum Gasteiger partial charge on any atom is -0.462 e. The van der Waals surface area contributed by atoms with Gasteiger partial charge in [0.25, 0.3) is 11.5 Å². The van der Waals surface area contributed by atoms with Crippen LogP contribution in [-0.2, 0) is 25.5 Å². The van der Waals surface area contributed by atoms with Crippen LogP contribution in [0.15, 0.2) is 46.0 Å². The zero-order valence-corrected chi connectivity index (χ0v) is 20.2. The Bertz CT molecular complexity index is 1340. The Balaban J connectivity index is 1.68. The van der Waals surface area contributed by atoms with E-state index in [9.17, 15) is 24.0 Å². The lowest BCUT2D eigenvalue weighted by molar-refractivity contribution is -0.153. The molecule has 1 atom stereocenters. The molecule has 35 heavy (non-hydrogen) atoms. The van der Waals surface area contributed by atoms with Gasteiger partial charge in [0, 0.05) is 22.6 Å². The van der Waals surface area contributed by atoms with E-state index < -0.39 is 35.2 Å². The van der Waals surface area contributed by atoms with E-state index in [2.05, 4.69) is 15.3 Å². The van der Waals surface area contributed by atoms with E-state index in [1.165, 1.54) is 18.3 Å². The van der Waals surface area contributed by atoms with Crippen LogP contribution in [0.5, 0.6) is 0 Å². The minimum absolute atomic E-state index is 0.0312. The summed E-state index contributed by atoms with van der Waals surface area (Å²) in [7, 11) is 0. The Morgan fingerprint density at radius 3 is 2.49 bits per heavy atom. The molecule has 0 aliphatic rings. The van der Waals surface area contributed by atoms with Gasteiger partial charge >= 0.3 is 17.6 Å². The first-order valence-corrected chi connectivity index (χ1v) is 11.7. The smallest absolute Gasteiger partial charge is 0.341 e. The molecule has 0 aliphatic heterocycles. The highest BCUT2D eigenvalue weighted by molar-refractivity contribution is 7.20. The summed E-state index contributed by atoms with van der Waals surface area (Å²) in [5.74, 6) is -1.89. The summed E-state index contributed by atoms with van der Waals surface area (Å²) in [5, 5.41) is 2.93. The number of amides is 1. The van der Waals surface area contributed by atoms with Crippen molar-refractivity contribution in [2.45, 2.75) is 39.7 Å². The van der Waals surface area contributed by atoms with Crippen LogP contribution >= 0.6 is 11.3 Å². The SMILES string of the molecule is CCOC(=O)c1cc(-c2ccccc2)sc1NC(=O)C(C)OC(=O)CCc1c(C)[nH]c(=O)[nH]c1=O. The summed E-state index contributed by atoms with van der Waals surface area (Å²) in [6.07, 6.45) is -1.29. The Morgan fingerprint density at radius 2 is 1.83 bits per heavy atom. The van der Waals surface area contributed by atoms with Crippen molar-refractivity contribution < 1.29 is 23.9 Å². The number of aromatic nitrogens is 2. The zero-order valence-electron chi connectivity index (χ0n) is 19.4. The average Bonchev–Trinajstić information content (AvgIpc) is 3.23. The third-order valence-electron chi connectivity index (χ3n) is 5.03. The van der Waals surface area contributed by atoms with Gasteiger partial charge in [-0.1, -0.05) is 30.3 Å². The van der Waals surface area contributed by atoms with Gasteiger partial charge in [-0.05, 0) is 38.8 Å². The molecule has 2 heterocycles. The summed E-state index contributed by atoms with van der Waals surface area (Å²) in [6, 6.07) is 11.0. The van der Waals surface area contributed by atoms with E-state index in [4.69, 9.17) is 9.47 Å². The topological polar surface area (TPSA) is 147 Å². The van der Waals surface area contributed by atoms with Crippen LogP contribution < -0.4 is 16.6 Å². The monoisotopic (exact) mass is 499 g/mol. The average molecular weight is 500 g/mol. The number of benzene rings is 1. The summed E-state index contributed by atoms with van der Waals surface area (Å²) in [4.78, 5) is 65.9. The second-order valence-corrected chi connectivity index (χ2v) is 8.63. The van der Waals surface area contributed by atoms with Crippen LogP contribution in [0.25, 0.3) is 10.4 Å². The largest absolute Gasteiger partial charge is 0.462 e. The lowest BCUT2D eigenvalue weighted by Gasteiger charge is -2.13. The number of aryl methyl sites for hydroxylation is 1. The van der Waals surface area contributed by atoms with E-state index in [1.54, 1.807) is 19.9 Å². The highest BCUT2D eigenvalue weighted by Gasteiger charge is 2.24. The molecule has 2 aromatic heterocycles. The maximum Gasteiger partial charge on any atom is 0.341 e. The Kier molecular flexibility index (Phi) is 8.37. The number of hydrogen-bond acceptors (Lipinski definition) is 8. The molecule has 3 aromatic rings. The number of rotatable bonds is 9. The van der Waals surface area contributed by atoms with Gasteiger partial charge < -0.3 is 19.8 Å². The van der Waals surface area contributed by atoms with Gasteiger partial charge in [0.1, 0.15) is 5.00 Å². The summed E-state index contributed by atoms with van der Waals surface area (Å²) < 4.78 is 10.3. The molecule has 1 aromatic carbocycles. The van der Waals surface area contributed by atoms with Crippen LogP contribution in [0.2, 0.25) is 0 Å². The van der Waals surface area contributed by atoms with Crippen molar-refractivity contribution >= 4 is 34.2 Å². The molecule has 11 heteroatoms. The predicted octanol–water partition coefficient (Wildman–Crippen LogP) is 2.78. The quantitative estimate of drug-likeness (QED) is 0.384. The van der Waals surface area contributed by atoms with Crippen LogP contribution in [0.4, 0.5) is 5.00 Å². The minimum atomic E-state index is -1.16. The fourth-order valence-corrected chi connectivity index (χ4v) is 4.32. The van der Waals surface area contributed by atoms with E-state index in [0.29, 0.717) is 5.69 Å². The second-order valence-electron chi connectivity index (χ2n) is 7.57. The molecule has 1 unspecified atom stereocenters. The van der Waals surface area contributed by atoms with Crippen molar-refractivity contribution in [2.75, 3.05) is 11.9 Å². The number of carbonyl (C=O) groups is 3. The predicted molar refractivity (Wildman–Crippen MR) is 131 cm³/mol. The fourth-order valence-electron chi connectivity index (χ4n) is 3.27. The van der Waals surface area contributed by atoms with Crippen molar-refractivity contribution in [3.63, 3.8) is 0 Å². The molecule has 0 saturated carbocycles. The highest BCUT2D eigenvalue weighted by Crippen LogP contribution is 2.36. The number of hydrogen-bond donors (Lipinski definition) is 3. The number of carbonyl (C=O) groups excluding carboxylic acids is 3. The third-order valence-corrected chi connectivity index (χ3v) is 6.13. The van der Waals surface area contributed by atoms with Gasteiger partial charge in [-0.2, -0.15) is 0 Å². The first-order valence-electron chi connectivity index (χ1n) is 10.9. The van der Waals surface area contributed by atoms with E-state index in [0.717, 1.165) is 10.4 Å². The van der Waals surface area contributed by atoms with Gasteiger partial charge in [0.05, 0.1) is 12.2 Å². The molecule has 0 fully saturated rings. The van der Waals surface area contributed by atoms with E-state index in [-0.39, 0.29) is 35.6 Å². The van der Waals surface area contributed by atoms with Gasteiger partial charge in [0.2, 0.25) is 0 Å². The zero-order chi connectivity index (χ0) is 25.5. The van der Waals surface area contributed by atoms with E-state index >= 15 is 0 Å². The molecular formula is C24H25N3O7S. The van der Waals surface area contributed by atoms with Gasteiger partial charge in [-0.15, -0.1) is 11.3 Å². The van der Waals surface area contributed by atoms with Gasteiger partial charge in [-0.25, -0.2) is 9.59 Å². The number of ether oxygens (including phenoxy) is 2. The number of H-pyrrole nitrogens is 2. The first-order chi connectivity index (χ1) is 16.7. The lowest BCUT2D eigenvalue weighted by Crippen LogP contribution is -2.31. The van der Waals surface area contributed by atoms with Crippen LogP contribution in [0, 0.1) is 6.92 Å². The van der Waals surface area contributed by atoms with Crippen LogP contribution in [-0.4, -0.2) is 40.5 Å². The molecule has 3 N–H and O–H groups in total. The van der Waals surface area contributed by atoms with Crippen molar-refractivity contribution in [1.82, 2.24) is 9.97 Å². The number of aromatic amines is 2.